The molecule has 1 atom stereocenters. The molecule has 0 saturated carbocycles. The van der Waals surface area contributed by atoms with Crippen LogP contribution in [0.1, 0.15) is 45.1 Å². The van der Waals surface area contributed by atoms with Gasteiger partial charge in [0, 0.05) is 29.3 Å². The maximum atomic E-state index is 13.3. The number of benzene rings is 1. The van der Waals surface area contributed by atoms with Gasteiger partial charge in [-0.05, 0) is 36.5 Å². The summed E-state index contributed by atoms with van der Waals surface area (Å²) in [5, 5.41) is 3.30. The molecule has 1 heterocycles. The summed E-state index contributed by atoms with van der Waals surface area (Å²) in [6.45, 7) is 5.96. The van der Waals surface area contributed by atoms with Crippen LogP contribution in [0, 0.1) is 5.41 Å². The summed E-state index contributed by atoms with van der Waals surface area (Å²) >= 11 is 0. The maximum Gasteiger partial charge on any atom is 0.336 e. The molecule has 3 rings (SSSR count). The van der Waals surface area contributed by atoms with Crippen LogP contribution >= 0.6 is 0 Å². The molecule has 0 fully saturated rings. The fraction of sp³-hybridized carbons (Fsp3) is 0.478. The predicted octanol–water partition coefficient (Wildman–Crippen LogP) is 3.49. The van der Waals surface area contributed by atoms with E-state index in [2.05, 4.69) is 19.2 Å². The molecule has 1 aliphatic carbocycles. The summed E-state index contributed by atoms with van der Waals surface area (Å²) in [6.07, 6.45) is 1.11. The van der Waals surface area contributed by atoms with E-state index < -0.39 is 11.9 Å². The van der Waals surface area contributed by atoms with Gasteiger partial charge in [0.1, 0.15) is 0 Å². The number of carbonyl (C=O) groups is 2. The minimum Gasteiger partial charge on any atom is -0.493 e. The number of esters is 1. The molecule has 1 N–H and O–H groups in total. The monoisotopic (exact) mass is 415 g/mol. The number of carbonyl (C=O) groups excluding carboxylic acids is 2. The molecular formula is C23H29NO6. The lowest BCUT2D eigenvalue weighted by Gasteiger charge is -2.39. The van der Waals surface area contributed by atoms with Gasteiger partial charge in [-0.25, -0.2) is 4.79 Å². The SMILES string of the molecule is COC(=O)C1=C(C)NC2=C(C(=O)CC(C)(C)C2)[C@@H]1c1cc(OC)c(OC)c(OC)c1. The molecule has 1 aromatic carbocycles. The predicted molar refractivity (Wildman–Crippen MR) is 112 cm³/mol. The fourth-order valence-electron chi connectivity index (χ4n) is 4.42. The topological polar surface area (TPSA) is 83.1 Å². The average molecular weight is 415 g/mol. The Hall–Kier alpha value is -2.96. The maximum absolute atomic E-state index is 13.3. The van der Waals surface area contributed by atoms with E-state index in [1.54, 1.807) is 12.1 Å². The van der Waals surface area contributed by atoms with Crippen LogP contribution in [0.4, 0.5) is 0 Å². The van der Waals surface area contributed by atoms with Crippen molar-refractivity contribution in [3.8, 4) is 17.2 Å². The highest BCUT2D eigenvalue weighted by atomic mass is 16.5. The first kappa shape index (κ1) is 21.7. The summed E-state index contributed by atoms with van der Waals surface area (Å²) < 4.78 is 21.5. The van der Waals surface area contributed by atoms with Crippen LogP contribution in [-0.4, -0.2) is 40.2 Å². The lowest BCUT2D eigenvalue weighted by atomic mass is 9.68. The molecule has 0 unspecified atom stereocenters. The molecule has 7 nitrogen and oxygen atoms in total. The van der Waals surface area contributed by atoms with Gasteiger partial charge < -0.3 is 24.3 Å². The first-order valence-electron chi connectivity index (χ1n) is 9.79. The number of rotatable bonds is 5. The Bertz CT molecular complexity index is 931. The quantitative estimate of drug-likeness (QED) is 0.737. The average Bonchev–Trinajstić information content (AvgIpc) is 2.69. The van der Waals surface area contributed by atoms with Crippen molar-refractivity contribution in [2.24, 2.45) is 5.41 Å². The summed E-state index contributed by atoms with van der Waals surface area (Å²) in [5.41, 5.74) is 3.05. The highest BCUT2D eigenvalue weighted by Crippen LogP contribution is 2.49. The minimum absolute atomic E-state index is 0.0152. The van der Waals surface area contributed by atoms with Crippen molar-refractivity contribution < 1.29 is 28.5 Å². The van der Waals surface area contributed by atoms with Gasteiger partial charge in [0.15, 0.2) is 17.3 Å². The molecule has 0 bridgehead atoms. The van der Waals surface area contributed by atoms with Crippen molar-refractivity contribution in [3.63, 3.8) is 0 Å². The Morgan fingerprint density at radius 1 is 1.03 bits per heavy atom. The van der Waals surface area contributed by atoms with Crippen molar-refractivity contribution in [2.45, 2.75) is 39.5 Å². The third-order valence-corrected chi connectivity index (χ3v) is 5.67. The standard InChI is InChI=1S/C23H29NO6/c1-12-18(22(26)30-7)19(20-14(24-12)10-23(2,3)11-15(20)25)13-8-16(27-4)21(29-6)17(9-13)28-5/h8-9,19,24H,10-11H2,1-7H3/t19-/m1/s1. The zero-order chi connectivity index (χ0) is 22.2. The molecule has 0 saturated heterocycles. The molecule has 0 spiro atoms. The van der Waals surface area contributed by atoms with Gasteiger partial charge in [0.05, 0.1) is 34.0 Å². The van der Waals surface area contributed by atoms with Crippen molar-refractivity contribution in [2.75, 3.05) is 28.4 Å². The van der Waals surface area contributed by atoms with Gasteiger partial charge in [0.2, 0.25) is 5.75 Å². The van der Waals surface area contributed by atoms with E-state index in [0.29, 0.717) is 52.5 Å². The third kappa shape index (κ3) is 3.64. The number of ether oxygens (including phenoxy) is 4. The van der Waals surface area contributed by atoms with E-state index in [1.807, 2.05) is 6.92 Å². The van der Waals surface area contributed by atoms with Crippen molar-refractivity contribution in [1.82, 2.24) is 5.32 Å². The van der Waals surface area contributed by atoms with Crippen LogP contribution in [-0.2, 0) is 14.3 Å². The largest absolute Gasteiger partial charge is 0.493 e. The number of hydrogen-bond donors (Lipinski definition) is 1. The zero-order valence-electron chi connectivity index (χ0n) is 18.6. The third-order valence-electron chi connectivity index (χ3n) is 5.67. The normalized spacial score (nSPS) is 20.4. The molecular weight excluding hydrogens is 386 g/mol. The van der Waals surface area contributed by atoms with E-state index in [1.165, 1.54) is 28.4 Å². The summed E-state index contributed by atoms with van der Waals surface area (Å²) in [4.78, 5) is 26.0. The van der Waals surface area contributed by atoms with Crippen LogP contribution in [0.5, 0.6) is 17.2 Å². The first-order valence-corrected chi connectivity index (χ1v) is 9.79. The Kier molecular flexibility index (Phi) is 5.83. The number of nitrogens with one attached hydrogen (secondary N) is 1. The second-order valence-electron chi connectivity index (χ2n) is 8.38. The number of ketones is 1. The van der Waals surface area contributed by atoms with Crippen LogP contribution in [0.25, 0.3) is 0 Å². The number of allylic oxidation sites excluding steroid dienone is 3. The van der Waals surface area contributed by atoms with Crippen LogP contribution in [0.15, 0.2) is 34.7 Å². The fourth-order valence-corrected chi connectivity index (χ4v) is 4.42. The smallest absolute Gasteiger partial charge is 0.336 e. The van der Waals surface area contributed by atoms with Gasteiger partial charge >= 0.3 is 5.97 Å². The van der Waals surface area contributed by atoms with Crippen LogP contribution < -0.4 is 19.5 Å². The Morgan fingerprint density at radius 2 is 1.63 bits per heavy atom. The van der Waals surface area contributed by atoms with Crippen molar-refractivity contribution >= 4 is 11.8 Å². The second-order valence-corrected chi connectivity index (χ2v) is 8.38. The molecule has 1 aliphatic heterocycles. The van der Waals surface area contributed by atoms with E-state index in [-0.39, 0.29) is 11.2 Å². The Morgan fingerprint density at radius 3 is 2.13 bits per heavy atom. The molecule has 0 aromatic heterocycles. The molecule has 0 amide bonds. The Labute approximate surface area is 177 Å². The first-order chi connectivity index (χ1) is 14.2. The second kappa shape index (κ2) is 8.05. The van der Waals surface area contributed by atoms with Crippen molar-refractivity contribution in [3.05, 3.63) is 40.2 Å². The van der Waals surface area contributed by atoms with E-state index >= 15 is 0 Å². The molecule has 162 valence electrons. The molecule has 2 aliphatic rings. The highest BCUT2D eigenvalue weighted by molar-refractivity contribution is 6.04. The van der Waals surface area contributed by atoms with Gasteiger partial charge in [-0.15, -0.1) is 0 Å². The zero-order valence-corrected chi connectivity index (χ0v) is 18.6. The van der Waals surface area contributed by atoms with Gasteiger partial charge in [-0.1, -0.05) is 13.8 Å². The number of dihydropyridines is 1. The van der Waals surface area contributed by atoms with E-state index in [9.17, 15) is 9.59 Å². The minimum atomic E-state index is -0.592. The number of Topliss-reactive ketones (excluding diaryl/α,β-unsaturated/α-hetero) is 1. The van der Waals surface area contributed by atoms with Crippen LogP contribution in [0.3, 0.4) is 0 Å². The molecule has 7 heteroatoms. The van der Waals surface area contributed by atoms with Gasteiger partial charge in [-0.2, -0.15) is 0 Å². The van der Waals surface area contributed by atoms with Gasteiger partial charge in [0.25, 0.3) is 0 Å². The number of hydrogen-bond acceptors (Lipinski definition) is 7. The molecule has 30 heavy (non-hydrogen) atoms. The van der Waals surface area contributed by atoms with Crippen molar-refractivity contribution in [1.29, 1.82) is 0 Å². The van der Waals surface area contributed by atoms with E-state index in [0.717, 1.165) is 5.70 Å². The Balaban J connectivity index is 2.29. The lowest BCUT2D eigenvalue weighted by molar-refractivity contribution is -0.136. The lowest BCUT2D eigenvalue weighted by Crippen LogP contribution is -2.38. The summed E-state index contributed by atoms with van der Waals surface area (Å²) in [7, 11) is 5.93. The summed E-state index contributed by atoms with van der Waals surface area (Å²) in [5.74, 6) is 0.301. The number of methoxy groups -OCH3 is 4. The van der Waals surface area contributed by atoms with Gasteiger partial charge in [-0.3, -0.25) is 4.79 Å². The highest BCUT2D eigenvalue weighted by Gasteiger charge is 2.43. The van der Waals surface area contributed by atoms with Crippen LogP contribution in [0.2, 0.25) is 0 Å². The summed E-state index contributed by atoms with van der Waals surface area (Å²) in [6, 6.07) is 3.57. The molecule has 0 radical (unpaired) electrons. The molecule has 1 aromatic rings. The van der Waals surface area contributed by atoms with E-state index in [4.69, 9.17) is 18.9 Å².